The van der Waals surface area contributed by atoms with Gasteiger partial charge in [0.05, 0.1) is 24.2 Å². The number of hydrogen-bond donors (Lipinski definition) is 2. The van der Waals surface area contributed by atoms with Gasteiger partial charge < -0.3 is 14.6 Å². The molecule has 4 nitrogen and oxygen atoms in total. The topological polar surface area (TPSA) is 70.7 Å². The Morgan fingerprint density at radius 3 is 2.88 bits per heavy atom. The van der Waals surface area contributed by atoms with Gasteiger partial charge in [0.15, 0.2) is 0 Å². The number of carbonyl (C=O) groups is 1. The van der Waals surface area contributed by atoms with Gasteiger partial charge in [0.25, 0.3) is 0 Å². The van der Waals surface area contributed by atoms with Gasteiger partial charge in [-0.1, -0.05) is 32.6 Å². The van der Waals surface area contributed by atoms with Crippen molar-refractivity contribution in [2.75, 3.05) is 0 Å². The third-order valence-corrected chi connectivity index (χ3v) is 5.29. The molecule has 0 spiro atoms. The Bertz CT molecular complexity index is 639. The molecule has 0 radical (unpaired) electrons. The first-order chi connectivity index (χ1) is 11.3. The van der Waals surface area contributed by atoms with Crippen molar-refractivity contribution >= 4 is 5.97 Å². The van der Waals surface area contributed by atoms with Crippen molar-refractivity contribution in [2.24, 2.45) is 11.3 Å². The van der Waals surface area contributed by atoms with Gasteiger partial charge in [-0.3, -0.25) is 0 Å². The molecule has 0 bridgehead atoms. The number of aliphatic carboxylic acids is 1. The van der Waals surface area contributed by atoms with Gasteiger partial charge in [-0.2, -0.15) is 0 Å². The molecule has 2 N–H and O–H groups in total. The van der Waals surface area contributed by atoms with E-state index in [4.69, 9.17) is 4.42 Å². The van der Waals surface area contributed by atoms with Crippen molar-refractivity contribution in [3.8, 4) is 0 Å². The normalized spacial score (nSPS) is 29.8. The predicted molar refractivity (Wildman–Crippen MR) is 93.5 cm³/mol. The Morgan fingerprint density at radius 1 is 1.50 bits per heavy atom. The summed E-state index contributed by atoms with van der Waals surface area (Å²) in [5.41, 5.74) is 1.68. The number of carboxylic acids is 1. The van der Waals surface area contributed by atoms with Gasteiger partial charge in [0.1, 0.15) is 0 Å². The van der Waals surface area contributed by atoms with Crippen LogP contribution >= 0.6 is 0 Å². The number of carboxylic acid groups (broad SMARTS) is 1. The Kier molecular flexibility index (Phi) is 5.84. The lowest BCUT2D eigenvalue weighted by Crippen LogP contribution is -2.35. The molecule has 1 aromatic rings. The molecular formula is C20H26O4. The molecule has 2 rings (SSSR count). The number of rotatable bonds is 4. The minimum atomic E-state index is -1.01. The highest BCUT2D eigenvalue weighted by molar-refractivity contribution is 5.91. The van der Waals surface area contributed by atoms with Crippen LogP contribution in [0.15, 0.2) is 59.0 Å². The highest BCUT2D eigenvalue weighted by Crippen LogP contribution is 2.40. The molecule has 1 aliphatic carbocycles. The highest BCUT2D eigenvalue weighted by atomic mass is 16.4. The SMILES string of the molecule is C=C1C[C@@H](O)[C@@H](C)[C@](C)(CCc2ccoc2)C/C=C\C=C1C(=O)O. The molecule has 0 aromatic carbocycles. The van der Waals surface area contributed by atoms with Crippen LogP contribution < -0.4 is 0 Å². The van der Waals surface area contributed by atoms with Gasteiger partial charge in [0.2, 0.25) is 0 Å². The summed E-state index contributed by atoms with van der Waals surface area (Å²) in [5.74, 6) is -0.994. The Balaban J connectivity index is 2.22. The number of aliphatic hydroxyl groups excluding tert-OH is 1. The Hall–Kier alpha value is -2.07. The zero-order valence-electron chi connectivity index (χ0n) is 14.4. The maximum Gasteiger partial charge on any atom is 0.335 e. The summed E-state index contributed by atoms with van der Waals surface area (Å²) in [4.78, 5) is 11.3. The molecule has 0 fully saturated rings. The van der Waals surface area contributed by atoms with Crippen molar-refractivity contribution < 1.29 is 19.4 Å². The van der Waals surface area contributed by atoms with Gasteiger partial charge >= 0.3 is 5.97 Å². The first kappa shape index (κ1) is 18.3. The molecule has 4 heteroatoms. The van der Waals surface area contributed by atoms with Crippen LogP contribution in [0.2, 0.25) is 0 Å². The van der Waals surface area contributed by atoms with Crippen LogP contribution in [0.4, 0.5) is 0 Å². The average Bonchev–Trinajstić information content (AvgIpc) is 3.04. The van der Waals surface area contributed by atoms with E-state index in [0.717, 1.165) is 24.8 Å². The molecule has 0 saturated carbocycles. The Morgan fingerprint density at radius 2 is 2.25 bits per heavy atom. The molecule has 24 heavy (non-hydrogen) atoms. The molecule has 130 valence electrons. The van der Waals surface area contributed by atoms with E-state index >= 15 is 0 Å². The molecule has 0 saturated heterocycles. The Labute approximate surface area is 143 Å². The summed E-state index contributed by atoms with van der Waals surface area (Å²) in [6.45, 7) is 8.07. The second kappa shape index (κ2) is 7.67. The first-order valence-electron chi connectivity index (χ1n) is 8.31. The van der Waals surface area contributed by atoms with E-state index in [0.29, 0.717) is 5.57 Å². The smallest absolute Gasteiger partial charge is 0.335 e. The van der Waals surface area contributed by atoms with E-state index < -0.39 is 12.1 Å². The van der Waals surface area contributed by atoms with Crippen LogP contribution in [-0.4, -0.2) is 22.3 Å². The number of allylic oxidation sites excluding steroid dienone is 3. The minimum absolute atomic E-state index is 0.0129. The second-order valence-corrected chi connectivity index (χ2v) is 6.97. The molecule has 0 amide bonds. The lowest BCUT2D eigenvalue weighted by Gasteiger charge is -2.38. The maximum absolute atomic E-state index is 11.3. The third-order valence-electron chi connectivity index (χ3n) is 5.29. The van der Waals surface area contributed by atoms with Gasteiger partial charge in [-0.15, -0.1) is 0 Å². The van der Waals surface area contributed by atoms with E-state index in [1.54, 1.807) is 24.7 Å². The lowest BCUT2D eigenvalue weighted by atomic mass is 9.68. The fraction of sp³-hybridized carbons (Fsp3) is 0.450. The largest absolute Gasteiger partial charge is 0.478 e. The monoisotopic (exact) mass is 330 g/mol. The minimum Gasteiger partial charge on any atom is -0.478 e. The zero-order valence-corrected chi connectivity index (χ0v) is 14.4. The maximum atomic E-state index is 11.3. The van der Waals surface area contributed by atoms with Gasteiger partial charge in [0, 0.05) is 0 Å². The van der Waals surface area contributed by atoms with Crippen LogP contribution in [-0.2, 0) is 11.2 Å². The van der Waals surface area contributed by atoms with E-state index in [-0.39, 0.29) is 23.3 Å². The van der Waals surface area contributed by atoms with Crippen LogP contribution in [0.1, 0.15) is 38.7 Å². The third kappa shape index (κ3) is 4.26. The van der Waals surface area contributed by atoms with Crippen molar-refractivity contribution in [2.45, 2.75) is 45.6 Å². The van der Waals surface area contributed by atoms with Gasteiger partial charge in [-0.05, 0) is 60.3 Å². The van der Waals surface area contributed by atoms with Crippen LogP contribution in [0, 0.1) is 11.3 Å². The molecule has 3 atom stereocenters. The van der Waals surface area contributed by atoms with Crippen LogP contribution in [0.25, 0.3) is 0 Å². The predicted octanol–water partition coefficient (Wildman–Crippen LogP) is 4.13. The highest BCUT2D eigenvalue weighted by Gasteiger charge is 2.35. The number of aliphatic hydroxyl groups is 1. The van der Waals surface area contributed by atoms with E-state index in [1.165, 1.54) is 0 Å². The fourth-order valence-corrected chi connectivity index (χ4v) is 3.23. The van der Waals surface area contributed by atoms with E-state index in [9.17, 15) is 15.0 Å². The molecule has 0 aliphatic heterocycles. The number of hydrogen-bond acceptors (Lipinski definition) is 3. The molecule has 0 unspecified atom stereocenters. The summed E-state index contributed by atoms with van der Waals surface area (Å²) >= 11 is 0. The van der Waals surface area contributed by atoms with E-state index in [1.807, 2.05) is 19.1 Å². The van der Waals surface area contributed by atoms with Crippen molar-refractivity contribution in [1.29, 1.82) is 0 Å². The quantitative estimate of drug-likeness (QED) is 0.870. The summed E-state index contributed by atoms with van der Waals surface area (Å²) in [6, 6.07) is 1.96. The average molecular weight is 330 g/mol. The molecule has 1 heterocycles. The standard InChI is InChI=1S/C20H26O4/c1-14-12-18(21)15(2)20(3,10-7-16-8-11-24-13-16)9-5-4-6-17(14)19(22)23/h4-6,8,11,13,15,18,21H,1,7,9-10,12H2,2-3H3,(H,22,23)/b5-4-,17-6?/t15-,18-,20+/m1/s1. The number of aryl methyl sites for hydroxylation is 1. The van der Waals surface area contributed by atoms with Crippen LogP contribution in [0.3, 0.4) is 0 Å². The summed E-state index contributed by atoms with van der Waals surface area (Å²) in [7, 11) is 0. The molecule has 1 aromatic heterocycles. The molecular weight excluding hydrogens is 304 g/mol. The van der Waals surface area contributed by atoms with Crippen LogP contribution in [0.5, 0.6) is 0 Å². The first-order valence-corrected chi connectivity index (χ1v) is 8.31. The summed E-state index contributed by atoms with van der Waals surface area (Å²) in [5, 5.41) is 19.9. The number of furan rings is 1. The molecule has 1 aliphatic rings. The fourth-order valence-electron chi connectivity index (χ4n) is 3.23. The summed E-state index contributed by atoms with van der Waals surface area (Å²) in [6.07, 6.45) is 11.0. The van der Waals surface area contributed by atoms with E-state index in [2.05, 4.69) is 13.5 Å². The zero-order chi connectivity index (χ0) is 17.7. The second-order valence-electron chi connectivity index (χ2n) is 6.97. The van der Waals surface area contributed by atoms with Crippen molar-refractivity contribution in [3.63, 3.8) is 0 Å². The van der Waals surface area contributed by atoms with Crippen molar-refractivity contribution in [3.05, 3.63) is 60.1 Å². The van der Waals surface area contributed by atoms with Crippen molar-refractivity contribution in [1.82, 2.24) is 0 Å². The van der Waals surface area contributed by atoms with Gasteiger partial charge in [-0.25, -0.2) is 4.79 Å². The summed E-state index contributed by atoms with van der Waals surface area (Å²) < 4.78 is 5.13. The lowest BCUT2D eigenvalue weighted by molar-refractivity contribution is -0.132.